The molecule has 16 heavy (non-hydrogen) atoms. The number of halogens is 1. The molecule has 88 valence electrons. The maximum absolute atomic E-state index is 9.44. The van der Waals surface area contributed by atoms with E-state index in [2.05, 4.69) is 21.2 Å². The van der Waals surface area contributed by atoms with Crippen LogP contribution in [0.25, 0.3) is 0 Å². The number of benzene rings is 1. The van der Waals surface area contributed by atoms with Crippen molar-refractivity contribution < 1.29 is 5.11 Å². The van der Waals surface area contributed by atoms with E-state index in [1.54, 1.807) is 6.07 Å². The van der Waals surface area contributed by atoms with E-state index < -0.39 is 0 Å². The van der Waals surface area contributed by atoms with Crippen LogP contribution in [0.1, 0.15) is 24.4 Å². The molecule has 1 aliphatic rings. The van der Waals surface area contributed by atoms with Gasteiger partial charge < -0.3 is 16.2 Å². The number of aromatic hydroxyl groups is 1. The van der Waals surface area contributed by atoms with Gasteiger partial charge in [0.05, 0.1) is 4.47 Å². The van der Waals surface area contributed by atoms with E-state index in [0.717, 1.165) is 36.0 Å². The van der Waals surface area contributed by atoms with Crippen LogP contribution >= 0.6 is 15.9 Å². The van der Waals surface area contributed by atoms with Crippen LogP contribution in [-0.4, -0.2) is 18.2 Å². The molecular formula is C12H17BrN2O. The fourth-order valence-electron chi connectivity index (χ4n) is 2.21. The zero-order chi connectivity index (χ0) is 11.5. The molecule has 1 aromatic carbocycles. The average molecular weight is 285 g/mol. The molecule has 0 amide bonds. The topological polar surface area (TPSA) is 58.3 Å². The molecule has 4 N–H and O–H groups in total. The van der Waals surface area contributed by atoms with Crippen molar-refractivity contribution in [1.82, 2.24) is 5.32 Å². The number of phenolic OH excluding ortho intramolecular Hbond substituents is 1. The molecule has 0 aromatic heterocycles. The predicted molar refractivity (Wildman–Crippen MR) is 68.3 cm³/mol. The van der Waals surface area contributed by atoms with Crippen molar-refractivity contribution in [3.05, 3.63) is 28.2 Å². The molecule has 4 heteroatoms. The number of hydrogen-bond donors (Lipinski definition) is 3. The Bertz CT molecular complexity index is 364. The number of nitrogens with one attached hydrogen (secondary N) is 1. The number of piperidine rings is 1. The predicted octanol–water partition coefficient (Wildman–Crippen LogP) is 2.15. The van der Waals surface area contributed by atoms with Gasteiger partial charge in [-0.05, 0) is 65.5 Å². The Morgan fingerprint density at radius 1 is 1.38 bits per heavy atom. The van der Waals surface area contributed by atoms with Gasteiger partial charge in [0.25, 0.3) is 0 Å². The van der Waals surface area contributed by atoms with Crippen LogP contribution in [0.3, 0.4) is 0 Å². The number of phenols is 1. The van der Waals surface area contributed by atoms with Gasteiger partial charge in [0, 0.05) is 6.04 Å². The summed E-state index contributed by atoms with van der Waals surface area (Å²) in [5.41, 5.74) is 7.35. The first kappa shape index (κ1) is 11.9. The molecule has 0 saturated carbocycles. The Morgan fingerprint density at radius 2 is 2.06 bits per heavy atom. The zero-order valence-electron chi connectivity index (χ0n) is 9.12. The van der Waals surface area contributed by atoms with Crippen molar-refractivity contribution in [3.8, 4) is 5.75 Å². The minimum absolute atomic E-state index is 0.0685. The highest BCUT2D eigenvalue weighted by molar-refractivity contribution is 9.10. The first-order valence-corrected chi connectivity index (χ1v) is 6.42. The first-order valence-electron chi connectivity index (χ1n) is 5.63. The van der Waals surface area contributed by atoms with E-state index in [1.165, 1.54) is 0 Å². The fraction of sp³-hybridized carbons (Fsp3) is 0.500. The van der Waals surface area contributed by atoms with Crippen molar-refractivity contribution in [3.63, 3.8) is 0 Å². The Hall–Kier alpha value is -0.580. The molecule has 1 atom stereocenters. The van der Waals surface area contributed by atoms with Gasteiger partial charge in [0.15, 0.2) is 0 Å². The van der Waals surface area contributed by atoms with Crippen LogP contribution in [-0.2, 0) is 0 Å². The molecule has 1 aliphatic heterocycles. The highest BCUT2D eigenvalue weighted by Crippen LogP contribution is 2.31. The molecule has 0 unspecified atom stereocenters. The Morgan fingerprint density at radius 3 is 2.69 bits per heavy atom. The number of rotatable bonds is 2. The van der Waals surface area contributed by atoms with Crippen LogP contribution in [0.5, 0.6) is 5.75 Å². The van der Waals surface area contributed by atoms with Crippen molar-refractivity contribution in [2.45, 2.75) is 18.9 Å². The van der Waals surface area contributed by atoms with Gasteiger partial charge in [0.2, 0.25) is 0 Å². The highest BCUT2D eigenvalue weighted by Gasteiger charge is 2.21. The average Bonchev–Trinajstić information content (AvgIpc) is 2.33. The maximum Gasteiger partial charge on any atom is 0.129 e. The number of nitrogens with two attached hydrogens (primary N) is 1. The van der Waals surface area contributed by atoms with Crippen molar-refractivity contribution in [2.75, 3.05) is 13.1 Å². The van der Waals surface area contributed by atoms with Crippen LogP contribution < -0.4 is 11.1 Å². The third kappa shape index (κ3) is 2.56. The summed E-state index contributed by atoms with van der Waals surface area (Å²) in [5.74, 6) is 0.805. The minimum atomic E-state index is 0.0685. The maximum atomic E-state index is 9.44. The van der Waals surface area contributed by atoms with Crippen LogP contribution in [0.4, 0.5) is 0 Å². The molecule has 3 nitrogen and oxygen atoms in total. The lowest BCUT2D eigenvalue weighted by atomic mass is 9.86. The van der Waals surface area contributed by atoms with E-state index in [-0.39, 0.29) is 11.8 Å². The van der Waals surface area contributed by atoms with Crippen LogP contribution in [0.15, 0.2) is 22.7 Å². The fourth-order valence-corrected chi connectivity index (χ4v) is 2.60. The monoisotopic (exact) mass is 284 g/mol. The van der Waals surface area contributed by atoms with Gasteiger partial charge in [-0.1, -0.05) is 6.07 Å². The molecule has 0 bridgehead atoms. The van der Waals surface area contributed by atoms with Gasteiger partial charge in [0.1, 0.15) is 5.75 Å². The Labute approximate surface area is 104 Å². The number of hydrogen-bond acceptors (Lipinski definition) is 3. The molecule has 0 radical (unpaired) electrons. The normalized spacial score (nSPS) is 19.6. The molecular weight excluding hydrogens is 268 g/mol. The van der Waals surface area contributed by atoms with Crippen molar-refractivity contribution in [1.29, 1.82) is 0 Å². The Kier molecular flexibility index (Phi) is 3.84. The summed E-state index contributed by atoms with van der Waals surface area (Å²) in [4.78, 5) is 0. The summed E-state index contributed by atoms with van der Waals surface area (Å²) in [6.07, 6.45) is 2.25. The highest BCUT2D eigenvalue weighted by atomic mass is 79.9. The second-order valence-corrected chi connectivity index (χ2v) is 5.18. The van der Waals surface area contributed by atoms with Gasteiger partial charge in [-0.3, -0.25) is 0 Å². The van der Waals surface area contributed by atoms with Crippen molar-refractivity contribution >= 4 is 15.9 Å². The molecule has 0 aliphatic carbocycles. The molecule has 1 heterocycles. The lowest BCUT2D eigenvalue weighted by Crippen LogP contribution is -2.33. The van der Waals surface area contributed by atoms with Gasteiger partial charge >= 0.3 is 0 Å². The van der Waals surface area contributed by atoms with Gasteiger partial charge in [-0.15, -0.1) is 0 Å². The smallest absolute Gasteiger partial charge is 0.129 e. The second kappa shape index (κ2) is 5.17. The summed E-state index contributed by atoms with van der Waals surface area (Å²) in [7, 11) is 0. The molecule has 1 fully saturated rings. The van der Waals surface area contributed by atoms with Crippen LogP contribution in [0.2, 0.25) is 0 Å². The van der Waals surface area contributed by atoms with Gasteiger partial charge in [-0.2, -0.15) is 0 Å². The molecule has 2 rings (SSSR count). The lowest BCUT2D eigenvalue weighted by Gasteiger charge is -2.28. The Balaban J connectivity index is 2.12. The minimum Gasteiger partial charge on any atom is -0.507 e. The lowest BCUT2D eigenvalue weighted by molar-refractivity contribution is 0.322. The quantitative estimate of drug-likeness (QED) is 0.780. The standard InChI is InChI=1S/C12H17BrN2O/c13-10-7-9(1-2-11(10)16)12(14)8-3-5-15-6-4-8/h1-2,7-8,12,15-16H,3-6,14H2/t12-/m1/s1. The largest absolute Gasteiger partial charge is 0.507 e. The summed E-state index contributed by atoms with van der Waals surface area (Å²) in [5, 5.41) is 12.8. The van der Waals surface area contributed by atoms with E-state index in [0.29, 0.717) is 5.92 Å². The summed E-state index contributed by atoms with van der Waals surface area (Å²) >= 11 is 3.32. The van der Waals surface area contributed by atoms with E-state index in [1.807, 2.05) is 12.1 Å². The molecule has 0 spiro atoms. The molecule has 1 aromatic rings. The SMILES string of the molecule is N[C@@H](c1ccc(O)c(Br)c1)C1CCNCC1. The van der Waals surface area contributed by atoms with Crippen LogP contribution in [0, 0.1) is 5.92 Å². The van der Waals surface area contributed by atoms with E-state index in [9.17, 15) is 5.11 Å². The van der Waals surface area contributed by atoms with E-state index >= 15 is 0 Å². The summed E-state index contributed by atoms with van der Waals surface area (Å²) in [6.45, 7) is 2.11. The third-order valence-electron chi connectivity index (χ3n) is 3.25. The van der Waals surface area contributed by atoms with Crippen molar-refractivity contribution in [2.24, 2.45) is 11.7 Å². The summed E-state index contributed by atoms with van der Waals surface area (Å²) in [6, 6.07) is 5.59. The third-order valence-corrected chi connectivity index (χ3v) is 3.88. The first-order chi connectivity index (χ1) is 7.68. The second-order valence-electron chi connectivity index (χ2n) is 4.32. The van der Waals surface area contributed by atoms with E-state index in [4.69, 9.17) is 5.73 Å². The molecule has 1 saturated heterocycles. The van der Waals surface area contributed by atoms with Gasteiger partial charge in [-0.25, -0.2) is 0 Å². The zero-order valence-corrected chi connectivity index (χ0v) is 10.7. The summed E-state index contributed by atoms with van der Waals surface area (Å²) < 4.78 is 0.717.